The molecule has 1 aliphatic rings. The number of rotatable bonds is 10. The van der Waals surface area contributed by atoms with Crippen molar-refractivity contribution in [3.05, 3.63) is 35.9 Å². The third-order valence-corrected chi connectivity index (χ3v) is 4.36. The summed E-state index contributed by atoms with van der Waals surface area (Å²) in [6, 6.07) is 9.86. The fourth-order valence-corrected chi connectivity index (χ4v) is 2.80. The van der Waals surface area contributed by atoms with Gasteiger partial charge in [-0.3, -0.25) is 4.79 Å². The second kappa shape index (κ2) is 11.5. The highest BCUT2D eigenvalue weighted by atomic mass is 16.5. The Morgan fingerprint density at radius 2 is 1.77 bits per heavy atom. The van der Waals surface area contributed by atoms with Gasteiger partial charge in [-0.05, 0) is 24.8 Å². The van der Waals surface area contributed by atoms with Crippen molar-refractivity contribution in [1.82, 2.24) is 10.2 Å². The number of piperidine rings is 1. The number of urea groups is 1. The normalized spacial score (nSPS) is 15.0. The summed E-state index contributed by atoms with van der Waals surface area (Å²) in [5.41, 5.74) is 1.14. The first-order chi connectivity index (χ1) is 12.7. The third-order valence-electron chi connectivity index (χ3n) is 4.36. The first kappa shape index (κ1) is 20.2. The Kier molecular flexibility index (Phi) is 8.92. The first-order valence-electron chi connectivity index (χ1n) is 9.12. The highest BCUT2D eigenvalue weighted by Crippen LogP contribution is 2.17. The summed E-state index contributed by atoms with van der Waals surface area (Å²) >= 11 is 0. The Morgan fingerprint density at radius 3 is 2.46 bits per heavy atom. The molecule has 1 aromatic carbocycles. The summed E-state index contributed by atoms with van der Waals surface area (Å²) < 4.78 is 11.0. The van der Waals surface area contributed by atoms with Gasteiger partial charge in [0, 0.05) is 26.2 Å². The van der Waals surface area contributed by atoms with Crippen molar-refractivity contribution in [2.45, 2.75) is 25.9 Å². The molecule has 1 aromatic rings. The molecule has 0 unspecified atom stereocenters. The van der Waals surface area contributed by atoms with Gasteiger partial charge in [0.2, 0.25) is 0 Å². The fraction of sp³-hybridized carbons (Fsp3) is 0.579. The standard InChI is InChI=1S/C19H28N2O5/c22-18(23)17-7-10-21(11-8-17)19(24)20-9-4-12-25-13-14-26-15-16-5-2-1-3-6-16/h1-3,5-6,17H,4,7-15H2,(H,20,24)(H,22,23). The van der Waals surface area contributed by atoms with Crippen LogP contribution < -0.4 is 5.32 Å². The largest absolute Gasteiger partial charge is 0.481 e. The SMILES string of the molecule is O=C(O)C1CCN(C(=O)NCCCOCCOCc2ccccc2)CC1. The molecule has 0 atom stereocenters. The van der Waals surface area contributed by atoms with Crippen LogP contribution >= 0.6 is 0 Å². The van der Waals surface area contributed by atoms with Gasteiger partial charge in [-0.1, -0.05) is 30.3 Å². The third kappa shape index (κ3) is 7.41. The van der Waals surface area contributed by atoms with E-state index in [1.807, 2.05) is 30.3 Å². The monoisotopic (exact) mass is 364 g/mol. The van der Waals surface area contributed by atoms with Gasteiger partial charge in [0.05, 0.1) is 25.7 Å². The van der Waals surface area contributed by atoms with Crippen molar-refractivity contribution in [2.24, 2.45) is 5.92 Å². The van der Waals surface area contributed by atoms with E-state index in [9.17, 15) is 9.59 Å². The fourth-order valence-electron chi connectivity index (χ4n) is 2.80. The maximum atomic E-state index is 12.0. The van der Waals surface area contributed by atoms with Gasteiger partial charge in [0.25, 0.3) is 0 Å². The number of amides is 2. The first-order valence-corrected chi connectivity index (χ1v) is 9.12. The van der Waals surface area contributed by atoms with Crippen LogP contribution in [0, 0.1) is 5.92 Å². The smallest absolute Gasteiger partial charge is 0.317 e. The van der Waals surface area contributed by atoms with Crippen LogP contribution in [-0.4, -0.2) is 61.5 Å². The number of carboxylic acid groups (broad SMARTS) is 1. The van der Waals surface area contributed by atoms with Crippen LogP contribution in [0.2, 0.25) is 0 Å². The molecule has 0 bridgehead atoms. The van der Waals surface area contributed by atoms with E-state index in [1.165, 1.54) is 0 Å². The number of carbonyl (C=O) groups is 2. The number of likely N-dealkylation sites (tertiary alicyclic amines) is 1. The van der Waals surface area contributed by atoms with Gasteiger partial charge >= 0.3 is 12.0 Å². The number of carbonyl (C=O) groups excluding carboxylic acids is 1. The van der Waals surface area contributed by atoms with Gasteiger partial charge in [0.15, 0.2) is 0 Å². The molecule has 0 aliphatic carbocycles. The molecule has 0 radical (unpaired) electrons. The number of nitrogens with one attached hydrogen (secondary N) is 1. The number of hydrogen-bond acceptors (Lipinski definition) is 4. The van der Waals surface area contributed by atoms with E-state index >= 15 is 0 Å². The summed E-state index contributed by atoms with van der Waals surface area (Å²) in [6.07, 6.45) is 1.78. The van der Waals surface area contributed by atoms with Crippen LogP contribution in [0.1, 0.15) is 24.8 Å². The maximum Gasteiger partial charge on any atom is 0.317 e. The molecule has 0 aromatic heterocycles. The zero-order valence-corrected chi connectivity index (χ0v) is 15.1. The van der Waals surface area contributed by atoms with Gasteiger partial charge in [0.1, 0.15) is 0 Å². The lowest BCUT2D eigenvalue weighted by Gasteiger charge is -2.30. The van der Waals surface area contributed by atoms with Crippen molar-refractivity contribution >= 4 is 12.0 Å². The molecular formula is C19H28N2O5. The minimum absolute atomic E-state index is 0.125. The average molecular weight is 364 g/mol. The summed E-state index contributed by atoms with van der Waals surface area (Å²) in [5.74, 6) is -1.09. The molecule has 2 amide bonds. The minimum atomic E-state index is -0.769. The quantitative estimate of drug-likeness (QED) is 0.621. The van der Waals surface area contributed by atoms with Crippen LogP contribution in [0.15, 0.2) is 30.3 Å². The second-order valence-electron chi connectivity index (χ2n) is 6.34. The minimum Gasteiger partial charge on any atom is -0.481 e. The van der Waals surface area contributed by atoms with Crippen LogP contribution in [0.25, 0.3) is 0 Å². The number of carboxylic acids is 1. The molecule has 0 saturated carbocycles. The molecule has 0 spiro atoms. The molecule has 1 saturated heterocycles. The van der Waals surface area contributed by atoms with Crippen LogP contribution in [0.5, 0.6) is 0 Å². The Balaban J connectivity index is 1.42. The number of benzene rings is 1. The van der Waals surface area contributed by atoms with E-state index in [0.717, 1.165) is 12.0 Å². The summed E-state index contributed by atoms with van der Waals surface area (Å²) in [6.45, 7) is 3.76. The van der Waals surface area contributed by atoms with Crippen molar-refractivity contribution in [3.63, 3.8) is 0 Å². The van der Waals surface area contributed by atoms with Gasteiger partial charge in [-0.15, -0.1) is 0 Å². The Bertz CT molecular complexity index is 544. The number of nitrogens with zero attached hydrogens (tertiary/aromatic N) is 1. The molecule has 7 heteroatoms. The highest BCUT2D eigenvalue weighted by molar-refractivity contribution is 5.75. The van der Waals surface area contributed by atoms with Crippen molar-refractivity contribution in [1.29, 1.82) is 0 Å². The summed E-state index contributed by atoms with van der Waals surface area (Å²) in [4.78, 5) is 24.6. The van der Waals surface area contributed by atoms with Crippen molar-refractivity contribution < 1.29 is 24.2 Å². The van der Waals surface area contributed by atoms with E-state index in [2.05, 4.69) is 5.32 Å². The Labute approximate surface area is 154 Å². The lowest BCUT2D eigenvalue weighted by Crippen LogP contribution is -2.45. The van der Waals surface area contributed by atoms with E-state index in [1.54, 1.807) is 4.90 Å². The zero-order valence-electron chi connectivity index (χ0n) is 15.1. The van der Waals surface area contributed by atoms with Crippen molar-refractivity contribution in [2.75, 3.05) is 39.5 Å². The second-order valence-corrected chi connectivity index (χ2v) is 6.34. The molecule has 26 heavy (non-hydrogen) atoms. The zero-order chi connectivity index (χ0) is 18.6. The summed E-state index contributed by atoms with van der Waals surface area (Å²) in [5, 5.41) is 11.8. The predicted octanol–water partition coefficient (Wildman–Crippen LogP) is 2.12. The molecule has 7 nitrogen and oxygen atoms in total. The van der Waals surface area contributed by atoms with Gasteiger partial charge < -0.3 is 24.8 Å². The van der Waals surface area contributed by atoms with E-state index in [4.69, 9.17) is 14.6 Å². The van der Waals surface area contributed by atoms with E-state index in [-0.39, 0.29) is 11.9 Å². The molecule has 144 valence electrons. The lowest BCUT2D eigenvalue weighted by atomic mass is 9.97. The maximum absolute atomic E-state index is 12.0. The molecular weight excluding hydrogens is 336 g/mol. The molecule has 2 N–H and O–H groups in total. The average Bonchev–Trinajstić information content (AvgIpc) is 2.67. The van der Waals surface area contributed by atoms with E-state index in [0.29, 0.717) is 58.9 Å². The Hall–Kier alpha value is -2.12. The van der Waals surface area contributed by atoms with Crippen LogP contribution in [0.4, 0.5) is 4.79 Å². The predicted molar refractivity (Wildman–Crippen MR) is 96.9 cm³/mol. The number of aliphatic carboxylic acids is 1. The highest BCUT2D eigenvalue weighted by Gasteiger charge is 2.26. The molecule has 1 aliphatic heterocycles. The lowest BCUT2D eigenvalue weighted by molar-refractivity contribution is -0.143. The van der Waals surface area contributed by atoms with Crippen molar-refractivity contribution in [3.8, 4) is 0 Å². The molecule has 1 fully saturated rings. The van der Waals surface area contributed by atoms with Gasteiger partial charge in [-0.2, -0.15) is 0 Å². The van der Waals surface area contributed by atoms with Crippen LogP contribution in [-0.2, 0) is 20.9 Å². The number of ether oxygens (including phenoxy) is 2. The topological polar surface area (TPSA) is 88.1 Å². The molecule has 2 rings (SSSR count). The summed E-state index contributed by atoms with van der Waals surface area (Å²) in [7, 11) is 0. The Morgan fingerprint density at radius 1 is 1.08 bits per heavy atom. The molecule has 1 heterocycles. The van der Waals surface area contributed by atoms with Crippen LogP contribution in [0.3, 0.4) is 0 Å². The van der Waals surface area contributed by atoms with E-state index < -0.39 is 5.97 Å². The van der Waals surface area contributed by atoms with Gasteiger partial charge in [-0.25, -0.2) is 4.79 Å². The number of hydrogen-bond donors (Lipinski definition) is 2.